The van der Waals surface area contributed by atoms with Crippen LogP contribution in [0, 0.1) is 0 Å². The van der Waals surface area contributed by atoms with E-state index in [2.05, 4.69) is 71.9 Å². The number of para-hydroxylation sites is 1. The topological polar surface area (TPSA) is 57.0 Å². The number of carbonyl (C=O) groups excluding carboxylic acids is 1. The third-order valence-electron chi connectivity index (χ3n) is 5.70. The first kappa shape index (κ1) is 23.8. The van der Waals surface area contributed by atoms with Crippen LogP contribution in [0.5, 0.6) is 5.75 Å². The summed E-state index contributed by atoms with van der Waals surface area (Å²) in [5.41, 5.74) is 4.97. The van der Waals surface area contributed by atoms with Crippen LogP contribution in [-0.2, 0) is 11.2 Å². The molecule has 6 heteroatoms. The number of benzene rings is 3. The first-order chi connectivity index (χ1) is 16.3. The van der Waals surface area contributed by atoms with Crippen LogP contribution in [0.1, 0.15) is 49.2 Å². The lowest BCUT2D eigenvalue weighted by molar-refractivity contribution is 0.101. The van der Waals surface area contributed by atoms with Crippen LogP contribution < -0.4 is 4.74 Å². The van der Waals surface area contributed by atoms with Crippen LogP contribution in [0.3, 0.4) is 0 Å². The summed E-state index contributed by atoms with van der Waals surface area (Å²) in [6, 6.07) is 24.2. The monoisotopic (exact) mass is 471 g/mol. The van der Waals surface area contributed by atoms with Gasteiger partial charge in [-0.15, -0.1) is 10.2 Å². The maximum atomic E-state index is 11.9. The Labute approximate surface area is 205 Å². The number of nitrogens with zero attached hydrogens (tertiary/aromatic N) is 3. The van der Waals surface area contributed by atoms with Crippen molar-refractivity contribution in [3.8, 4) is 22.8 Å². The number of Topliss-reactive ketones (excluding diaryl/α,β-unsaturated/α-hetero) is 1. The number of hydrogen-bond donors (Lipinski definition) is 0. The Morgan fingerprint density at radius 3 is 2.29 bits per heavy atom. The van der Waals surface area contributed by atoms with Gasteiger partial charge in [0.25, 0.3) is 0 Å². The molecule has 0 N–H and O–H groups in total. The van der Waals surface area contributed by atoms with E-state index in [1.54, 1.807) is 31.9 Å². The van der Waals surface area contributed by atoms with Gasteiger partial charge in [0.1, 0.15) is 5.75 Å². The maximum Gasteiger partial charge on any atom is 0.196 e. The van der Waals surface area contributed by atoms with Crippen molar-refractivity contribution >= 4 is 17.5 Å². The molecule has 0 fully saturated rings. The minimum atomic E-state index is 0.0299. The van der Waals surface area contributed by atoms with E-state index in [1.807, 2.05) is 30.3 Å². The number of ether oxygens (including phenoxy) is 1. The third-order valence-corrected chi connectivity index (χ3v) is 6.68. The zero-order valence-corrected chi connectivity index (χ0v) is 21.0. The van der Waals surface area contributed by atoms with Crippen molar-refractivity contribution in [1.29, 1.82) is 0 Å². The molecule has 34 heavy (non-hydrogen) atoms. The molecule has 5 nitrogen and oxygen atoms in total. The number of methoxy groups -OCH3 is 1. The average molecular weight is 472 g/mol. The molecule has 174 valence electrons. The minimum Gasteiger partial charge on any atom is -0.496 e. The first-order valence-electron chi connectivity index (χ1n) is 11.2. The normalized spacial score (nSPS) is 11.4. The molecule has 0 aliphatic heterocycles. The van der Waals surface area contributed by atoms with Gasteiger partial charge in [0, 0.05) is 28.1 Å². The summed E-state index contributed by atoms with van der Waals surface area (Å²) < 4.78 is 7.61. The third kappa shape index (κ3) is 5.07. The summed E-state index contributed by atoms with van der Waals surface area (Å²) in [7, 11) is 1.64. The number of aromatic nitrogens is 3. The molecule has 0 aliphatic carbocycles. The molecule has 0 saturated heterocycles. The number of ketones is 1. The minimum absolute atomic E-state index is 0.0299. The zero-order valence-electron chi connectivity index (χ0n) is 20.2. The highest BCUT2D eigenvalue weighted by atomic mass is 32.2. The summed E-state index contributed by atoms with van der Waals surface area (Å²) >= 11 is 1.57. The van der Waals surface area contributed by atoms with Gasteiger partial charge in [0.05, 0.1) is 7.11 Å². The molecule has 4 rings (SSSR count). The van der Waals surface area contributed by atoms with E-state index in [9.17, 15) is 4.79 Å². The Morgan fingerprint density at radius 1 is 0.971 bits per heavy atom. The van der Waals surface area contributed by atoms with Crippen molar-refractivity contribution < 1.29 is 9.53 Å². The van der Waals surface area contributed by atoms with Crippen LogP contribution in [0.4, 0.5) is 0 Å². The predicted molar refractivity (Wildman–Crippen MR) is 138 cm³/mol. The molecule has 3 aromatic carbocycles. The summed E-state index contributed by atoms with van der Waals surface area (Å²) in [5.74, 6) is 2.17. The fourth-order valence-corrected chi connectivity index (χ4v) is 4.66. The second kappa shape index (κ2) is 9.85. The largest absolute Gasteiger partial charge is 0.496 e. The van der Waals surface area contributed by atoms with Crippen LogP contribution in [-0.4, -0.2) is 27.7 Å². The summed E-state index contributed by atoms with van der Waals surface area (Å²) in [5, 5.41) is 9.87. The van der Waals surface area contributed by atoms with Crippen LogP contribution in [0.25, 0.3) is 17.1 Å². The van der Waals surface area contributed by atoms with Crippen molar-refractivity contribution in [2.45, 2.75) is 44.0 Å². The molecule has 0 bridgehead atoms. The Kier molecular flexibility index (Phi) is 6.89. The first-order valence-corrected chi connectivity index (χ1v) is 12.2. The molecule has 4 aromatic rings. The van der Waals surface area contributed by atoms with Crippen molar-refractivity contribution in [2.75, 3.05) is 7.11 Å². The lowest BCUT2D eigenvalue weighted by Gasteiger charge is -2.19. The predicted octanol–water partition coefficient (Wildman–Crippen LogP) is 6.74. The fourth-order valence-electron chi connectivity index (χ4n) is 3.73. The molecule has 0 atom stereocenters. The molecular formula is C28H29N3O2S. The van der Waals surface area contributed by atoms with Gasteiger partial charge >= 0.3 is 0 Å². The van der Waals surface area contributed by atoms with Crippen LogP contribution >= 0.6 is 11.8 Å². The van der Waals surface area contributed by atoms with Crippen molar-refractivity contribution in [2.24, 2.45) is 0 Å². The van der Waals surface area contributed by atoms with Gasteiger partial charge < -0.3 is 4.74 Å². The van der Waals surface area contributed by atoms with Gasteiger partial charge in [-0.25, -0.2) is 0 Å². The molecule has 1 heterocycles. The van der Waals surface area contributed by atoms with Crippen LogP contribution in [0.15, 0.2) is 78.0 Å². The van der Waals surface area contributed by atoms with E-state index < -0.39 is 0 Å². The lowest BCUT2D eigenvalue weighted by Crippen LogP contribution is -2.10. The second-order valence-corrected chi connectivity index (χ2v) is 10.1. The SMILES string of the molecule is COc1ccc(C(C)=O)cc1CSc1nnc(-c2ccc(C(C)(C)C)cc2)n1-c1ccccc1. The number of rotatable bonds is 7. The van der Waals surface area contributed by atoms with Crippen molar-refractivity contribution in [1.82, 2.24) is 14.8 Å². The molecule has 0 spiro atoms. The summed E-state index contributed by atoms with van der Waals surface area (Å²) in [4.78, 5) is 11.9. The maximum absolute atomic E-state index is 11.9. The number of hydrogen-bond acceptors (Lipinski definition) is 5. The van der Waals surface area contributed by atoms with E-state index in [0.717, 1.165) is 33.5 Å². The molecule has 0 radical (unpaired) electrons. The Balaban J connectivity index is 1.72. The highest BCUT2D eigenvalue weighted by Crippen LogP contribution is 2.33. The van der Waals surface area contributed by atoms with Gasteiger partial charge in [-0.05, 0) is 48.2 Å². The Bertz CT molecular complexity index is 1290. The average Bonchev–Trinajstić information content (AvgIpc) is 3.26. The number of carbonyl (C=O) groups is 1. The lowest BCUT2D eigenvalue weighted by atomic mass is 9.87. The highest BCUT2D eigenvalue weighted by Gasteiger charge is 2.19. The molecular weight excluding hydrogens is 442 g/mol. The summed E-state index contributed by atoms with van der Waals surface area (Å²) in [6.07, 6.45) is 0. The smallest absolute Gasteiger partial charge is 0.196 e. The Morgan fingerprint density at radius 2 is 1.68 bits per heavy atom. The quantitative estimate of drug-likeness (QED) is 0.221. The van der Waals surface area contributed by atoms with Gasteiger partial charge in [-0.3, -0.25) is 9.36 Å². The molecule has 0 saturated carbocycles. The van der Waals surface area contributed by atoms with E-state index in [4.69, 9.17) is 4.74 Å². The summed E-state index contributed by atoms with van der Waals surface area (Å²) in [6.45, 7) is 8.19. The molecule has 1 aromatic heterocycles. The van der Waals surface area contributed by atoms with Gasteiger partial charge in [-0.2, -0.15) is 0 Å². The van der Waals surface area contributed by atoms with Gasteiger partial charge in [-0.1, -0.05) is 75.0 Å². The van der Waals surface area contributed by atoms with Crippen LogP contribution in [0.2, 0.25) is 0 Å². The van der Waals surface area contributed by atoms with Gasteiger partial charge in [0.2, 0.25) is 0 Å². The fraction of sp³-hybridized carbons (Fsp3) is 0.250. The molecule has 0 aliphatic rings. The second-order valence-electron chi connectivity index (χ2n) is 9.18. The standard InChI is InChI=1S/C28H29N3O2S/c1-19(32)21-13-16-25(33-5)22(17-21)18-34-27-30-29-26(31(27)24-9-7-6-8-10-24)20-11-14-23(15-12-20)28(2,3)4/h6-17H,18H2,1-5H3. The van der Waals surface area contributed by atoms with Crippen molar-refractivity contribution in [3.63, 3.8) is 0 Å². The number of thioether (sulfide) groups is 1. The zero-order chi connectivity index (χ0) is 24.3. The highest BCUT2D eigenvalue weighted by molar-refractivity contribution is 7.98. The Hall–Kier alpha value is -3.38. The van der Waals surface area contributed by atoms with E-state index in [-0.39, 0.29) is 11.2 Å². The van der Waals surface area contributed by atoms with E-state index in [0.29, 0.717) is 11.3 Å². The molecule has 0 amide bonds. The van der Waals surface area contributed by atoms with E-state index >= 15 is 0 Å². The van der Waals surface area contributed by atoms with E-state index in [1.165, 1.54) is 5.56 Å². The molecule has 0 unspecified atom stereocenters. The van der Waals surface area contributed by atoms with Gasteiger partial charge in [0.15, 0.2) is 16.8 Å². The van der Waals surface area contributed by atoms with Crippen molar-refractivity contribution in [3.05, 3.63) is 89.5 Å².